The predicted octanol–water partition coefficient (Wildman–Crippen LogP) is 3.82. The Kier molecular flexibility index (Phi) is 7.43. The molecule has 1 aliphatic rings. The fourth-order valence-electron chi connectivity index (χ4n) is 3.80. The van der Waals surface area contributed by atoms with Crippen LogP contribution in [0.25, 0.3) is 5.76 Å². The van der Waals surface area contributed by atoms with Crippen LogP contribution >= 0.6 is 11.6 Å². The molecule has 7 nitrogen and oxygen atoms in total. The molecule has 1 heterocycles. The maximum Gasteiger partial charge on any atom is 0.295 e. The number of hydrogen-bond acceptors (Lipinski definition) is 6. The van der Waals surface area contributed by atoms with E-state index in [0.717, 1.165) is 6.54 Å². The van der Waals surface area contributed by atoms with Crippen LogP contribution in [0.5, 0.6) is 11.5 Å². The van der Waals surface area contributed by atoms with Gasteiger partial charge in [-0.3, -0.25) is 9.59 Å². The zero-order valence-corrected chi connectivity index (χ0v) is 19.1. The molecule has 1 atom stereocenters. The number of amides is 1. The lowest BCUT2D eigenvalue weighted by Crippen LogP contribution is -2.32. The highest BCUT2D eigenvalue weighted by Crippen LogP contribution is 2.41. The number of rotatable bonds is 8. The van der Waals surface area contributed by atoms with Gasteiger partial charge >= 0.3 is 0 Å². The van der Waals surface area contributed by atoms with Crippen LogP contribution in [-0.2, 0) is 9.59 Å². The number of Topliss-reactive ketones (excluding diaryl/α,β-unsaturated/α-hetero) is 1. The summed E-state index contributed by atoms with van der Waals surface area (Å²) < 4.78 is 5.49. The Morgan fingerprint density at radius 3 is 2.59 bits per heavy atom. The predicted molar refractivity (Wildman–Crippen MR) is 123 cm³/mol. The number of ether oxygens (including phenoxy) is 1. The minimum absolute atomic E-state index is 0.00208. The van der Waals surface area contributed by atoms with E-state index >= 15 is 0 Å². The third-order valence-corrected chi connectivity index (χ3v) is 5.56. The Morgan fingerprint density at radius 2 is 1.94 bits per heavy atom. The highest BCUT2D eigenvalue weighted by Gasteiger charge is 2.46. The Bertz CT molecular complexity index is 1050. The standard InChI is InChI=1S/C24H27ClN2O5/c1-4-32-17-9-10-19(25)18(14-17)22(29)20-21(15-7-5-8-16(28)13-15)27(24(31)23(20)30)12-6-11-26(2)3/h5,7-10,13-14,21,28-29H,4,6,11-12H2,1-3H3/b22-20+. The minimum Gasteiger partial charge on any atom is -0.508 e. The van der Waals surface area contributed by atoms with Crippen LogP contribution in [0, 0.1) is 0 Å². The van der Waals surface area contributed by atoms with E-state index in [1.807, 2.05) is 25.9 Å². The molecular formula is C24H27ClN2O5. The zero-order valence-electron chi connectivity index (χ0n) is 18.3. The van der Waals surface area contributed by atoms with Gasteiger partial charge in [-0.05, 0) is 69.9 Å². The largest absolute Gasteiger partial charge is 0.508 e. The third-order valence-electron chi connectivity index (χ3n) is 5.23. The number of phenolic OH excluding ortho intramolecular Hbond substituents is 1. The van der Waals surface area contributed by atoms with Gasteiger partial charge in [0.15, 0.2) is 0 Å². The summed E-state index contributed by atoms with van der Waals surface area (Å²) in [6.45, 7) is 3.28. The van der Waals surface area contributed by atoms with E-state index in [2.05, 4.69) is 0 Å². The summed E-state index contributed by atoms with van der Waals surface area (Å²) in [5.41, 5.74) is 0.655. The molecule has 0 aromatic heterocycles. The van der Waals surface area contributed by atoms with Crippen molar-refractivity contribution in [1.82, 2.24) is 9.80 Å². The van der Waals surface area contributed by atoms with Crippen LogP contribution in [0.2, 0.25) is 5.02 Å². The molecule has 1 aliphatic heterocycles. The number of aromatic hydroxyl groups is 1. The molecule has 170 valence electrons. The molecule has 0 bridgehead atoms. The lowest BCUT2D eigenvalue weighted by atomic mass is 9.95. The Labute approximate surface area is 192 Å². The second-order valence-corrected chi connectivity index (χ2v) is 8.23. The van der Waals surface area contributed by atoms with Gasteiger partial charge in [-0.1, -0.05) is 23.7 Å². The van der Waals surface area contributed by atoms with Crippen molar-refractivity contribution in [3.63, 3.8) is 0 Å². The van der Waals surface area contributed by atoms with E-state index in [1.54, 1.807) is 30.3 Å². The molecule has 3 rings (SSSR count). The van der Waals surface area contributed by atoms with Crippen LogP contribution in [0.1, 0.15) is 30.5 Å². The average molecular weight is 459 g/mol. The van der Waals surface area contributed by atoms with Gasteiger partial charge in [-0.25, -0.2) is 0 Å². The van der Waals surface area contributed by atoms with E-state index in [9.17, 15) is 19.8 Å². The number of likely N-dealkylation sites (tertiary alicyclic amines) is 1. The van der Waals surface area contributed by atoms with E-state index in [1.165, 1.54) is 17.0 Å². The Balaban J connectivity index is 2.14. The first-order chi connectivity index (χ1) is 15.2. The Morgan fingerprint density at radius 1 is 1.19 bits per heavy atom. The fourth-order valence-corrected chi connectivity index (χ4v) is 4.00. The number of aliphatic hydroxyl groups excluding tert-OH is 1. The Hall–Kier alpha value is -3.03. The van der Waals surface area contributed by atoms with Crippen LogP contribution < -0.4 is 4.74 Å². The summed E-state index contributed by atoms with van der Waals surface area (Å²) in [6, 6.07) is 10.3. The molecule has 0 spiro atoms. The molecule has 32 heavy (non-hydrogen) atoms. The second-order valence-electron chi connectivity index (χ2n) is 7.82. The first-order valence-electron chi connectivity index (χ1n) is 10.4. The fraction of sp³-hybridized carbons (Fsp3) is 0.333. The van der Waals surface area contributed by atoms with Crippen molar-refractivity contribution >= 4 is 29.1 Å². The first kappa shape index (κ1) is 23.6. The van der Waals surface area contributed by atoms with Crippen LogP contribution in [0.15, 0.2) is 48.0 Å². The lowest BCUT2D eigenvalue weighted by molar-refractivity contribution is -0.139. The second kappa shape index (κ2) is 10.1. The number of carbonyl (C=O) groups excluding carboxylic acids is 2. The number of nitrogens with zero attached hydrogens (tertiary/aromatic N) is 2. The molecule has 1 saturated heterocycles. The molecule has 8 heteroatoms. The number of benzene rings is 2. The van der Waals surface area contributed by atoms with E-state index in [4.69, 9.17) is 16.3 Å². The molecule has 1 unspecified atom stereocenters. The quantitative estimate of drug-likeness (QED) is 0.355. The molecule has 2 aromatic carbocycles. The van der Waals surface area contributed by atoms with Gasteiger partial charge < -0.3 is 24.7 Å². The molecule has 1 fully saturated rings. The lowest BCUT2D eigenvalue weighted by Gasteiger charge is -2.26. The number of phenols is 1. The highest BCUT2D eigenvalue weighted by molar-refractivity contribution is 6.47. The average Bonchev–Trinajstić information content (AvgIpc) is 2.99. The summed E-state index contributed by atoms with van der Waals surface area (Å²) in [6.07, 6.45) is 0.635. The van der Waals surface area contributed by atoms with E-state index < -0.39 is 17.7 Å². The summed E-state index contributed by atoms with van der Waals surface area (Å²) in [5, 5.41) is 21.4. The zero-order chi connectivity index (χ0) is 23.4. The van der Waals surface area contributed by atoms with Gasteiger partial charge in [-0.2, -0.15) is 0 Å². The summed E-state index contributed by atoms with van der Waals surface area (Å²) in [4.78, 5) is 29.4. The van der Waals surface area contributed by atoms with Crippen molar-refractivity contribution < 1.29 is 24.5 Å². The highest BCUT2D eigenvalue weighted by atomic mass is 35.5. The number of ketones is 1. The van der Waals surface area contributed by atoms with Gasteiger partial charge in [-0.15, -0.1) is 0 Å². The SMILES string of the molecule is CCOc1ccc(Cl)c(/C(O)=C2\C(=O)C(=O)N(CCCN(C)C)C2c2cccc(O)c2)c1. The molecule has 0 radical (unpaired) electrons. The number of halogens is 1. The summed E-state index contributed by atoms with van der Waals surface area (Å²) in [7, 11) is 3.85. The van der Waals surface area contributed by atoms with Crippen LogP contribution in [0.4, 0.5) is 0 Å². The molecule has 0 aliphatic carbocycles. The smallest absolute Gasteiger partial charge is 0.295 e. The molecule has 0 saturated carbocycles. The number of aliphatic hydroxyl groups is 1. The van der Waals surface area contributed by atoms with Crippen molar-refractivity contribution in [1.29, 1.82) is 0 Å². The van der Waals surface area contributed by atoms with Gasteiger partial charge in [0, 0.05) is 12.1 Å². The van der Waals surface area contributed by atoms with Gasteiger partial charge in [0.25, 0.3) is 11.7 Å². The van der Waals surface area contributed by atoms with Gasteiger partial charge in [0.2, 0.25) is 0 Å². The normalized spacial score (nSPS) is 17.9. The third kappa shape index (κ3) is 4.89. The van der Waals surface area contributed by atoms with Crippen LogP contribution in [0.3, 0.4) is 0 Å². The van der Waals surface area contributed by atoms with Crippen molar-refractivity contribution in [2.45, 2.75) is 19.4 Å². The van der Waals surface area contributed by atoms with Crippen LogP contribution in [-0.4, -0.2) is 65.5 Å². The van der Waals surface area contributed by atoms with Crippen molar-refractivity contribution in [3.8, 4) is 11.5 Å². The van der Waals surface area contributed by atoms with Gasteiger partial charge in [0.1, 0.15) is 17.3 Å². The minimum atomic E-state index is -0.851. The summed E-state index contributed by atoms with van der Waals surface area (Å²) in [5.74, 6) is -1.39. The van der Waals surface area contributed by atoms with E-state index in [0.29, 0.717) is 30.9 Å². The maximum atomic E-state index is 13.1. The molecule has 2 aromatic rings. The first-order valence-corrected chi connectivity index (χ1v) is 10.8. The topological polar surface area (TPSA) is 90.3 Å². The summed E-state index contributed by atoms with van der Waals surface area (Å²) >= 11 is 6.32. The van der Waals surface area contributed by atoms with Gasteiger partial charge in [0.05, 0.1) is 23.2 Å². The van der Waals surface area contributed by atoms with Crippen molar-refractivity contribution in [3.05, 3.63) is 64.2 Å². The van der Waals surface area contributed by atoms with Crippen molar-refractivity contribution in [2.24, 2.45) is 0 Å². The molecular weight excluding hydrogens is 432 g/mol. The maximum absolute atomic E-state index is 13.1. The molecule has 1 amide bonds. The van der Waals surface area contributed by atoms with E-state index in [-0.39, 0.29) is 27.7 Å². The monoisotopic (exact) mass is 458 g/mol. The number of hydrogen-bond donors (Lipinski definition) is 2. The molecule has 2 N–H and O–H groups in total. The number of carbonyl (C=O) groups is 2. The van der Waals surface area contributed by atoms with Crippen molar-refractivity contribution in [2.75, 3.05) is 33.8 Å².